The lowest BCUT2D eigenvalue weighted by molar-refractivity contribution is -0.118. The zero-order valence-corrected chi connectivity index (χ0v) is 16.0. The highest BCUT2D eigenvalue weighted by Gasteiger charge is 2.29. The van der Waals surface area contributed by atoms with Crippen LogP contribution in [-0.2, 0) is 19.6 Å². The van der Waals surface area contributed by atoms with E-state index in [2.05, 4.69) is 5.32 Å². The van der Waals surface area contributed by atoms with E-state index < -0.39 is 10.0 Å². The van der Waals surface area contributed by atoms with Gasteiger partial charge in [0.25, 0.3) is 0 Å². The van der Waals surface area contributed by atoms with Crippen LogP contribution in [0.4, 0.5) is 5.69 Å². The molecule has 1 aliphatic rings. The summed E-state index contributed by atoms with van der Waals surface area (Å²) in [6.07, 6.45) is 2.42. The molecule has 1 amide bonds. The number of piperidine rings is 1. The maximum atomic E-state index is 13.0. The van der Waals surface area contributed by atoms with Crippen molar-refractivity contribution >= 4 is 21.6 Å². The van der Waals surface area contributed by atoms with E-state index in [1.165, 1.54) is 24.6 Å². The molecule has 1 aliphatic heterocycles. The molecule has 1 heterocycles. The molecule has 26 heavy (non-hydrogen) atoms. The lowest BCUT2D eigenvalue weighted by Gasteiger charge is -2.26. The summed E-state index contributed by atoms with van der Waals surface area (Å²) in [5.41, 5.74) is 5.91. The van der Waals surface area contributed by atoms with Crippen molar-refractivity contribution in [2.45, 2.75) is 36.7 Å². The van der Waals surface area contributed by atoms with E-state index in [1.807, 2.05) is 0 Å². The number of nitrogens with two attached hydrogens (primary N) is 1. The predicted octanol–water partition coefficient (Wildman–Crippen LogP) is 1.17. The number of sulfonamides is 1. The summed E-state index contributed by atoms with van der Waals surface area (Å²) in [6.45, 7) is 1.21. The molecule has 9 heteroatoms. The molecule has 0 radical (unpaired) electrons. The van der Waals surface area contributed by atoms with E-state index in [1.54, 1.807) is 12.1 Å². The molecule has 3 N–H and O–H groups in total. The topological polar surface area (TPSA) is 111 Å². The maximum absolute atomic E-state index is 13.0. The summed E-state index contributed by atoms with van der Waals surface area (Å²) in [6, 6.07) is 4.59. The Labute approximate surface area is 154 Å². The van der Waals surface area contributed by atoms with Crippen LogP contribution in [0.15, 0.2) is 23.1 Å². The molecule has 1 aromatic carbocycles. The highest BCUT2D eigenvalue weighted by atomic mass is 32.2. The number of amides is 1. The quantitative estimate of drug-likeness (QED) is 0.695. The number of ether oxygens (including phenoxy) is 2. The first kappa shape index (κ1) is 20.6. The molecule has 1 aromatic rings. The molecule has 0 saturated carbocycles. The van der Waals surface area contributed by atoms with E-state index in [4.69, 9.17) is 15.2 Å². The van der Waals surface area contributed by atoms with Crippen molar-refractivity contribution in [2.24, 2.45) is 5.73 Å². The average Bonchev–Trinajstić information content (AvgIpc) is 2.66. The largest absolute Gasteiger partial charge is 0.495 e. The molecule has 0 aliphatic carbocycles. The number of methoxy groups -OCH3 is 2. The van der Waals surface area contributed by atoms with Gasteiger partial charge in [-0.25, -0.2) is 8.42 Å². The molecule has 0 bridgehead atoms. The predicted molar refractivity (Wildman–Crippen MR) is 98.7 cm³/mol. The Kier molecular flexibility index (Phi) is 7.39. The summed E-state index contributed by atoms with van der Waals surface area (Å²) in [4.78, 5) is 12.2. The smallest absolute Gasteiger partial charge is 0.246 e. The van der Waals surface area contributed by atoms with Crippen molar-refractivity contribution in [3.8, 4) is 5.75 Å². The van der Waals surface area contributed by atoms with Gasteiger partial charge >= 0.3 is 0 Å². The highest BCUT2D eigenvalue weighted by Crippen LogP contribution is 2.31. The van der Waals surface area contributed by atoms with Gasteiger partial charge in [-0.05, 0) is 31.0 Å². The third-order valence-corrected chi connectivity index (χ3v) is 6.31. The Morgan fingerprint density at radius 1 is 1.27 bits per heavy atom. The molecule has 1 unspecified atom stereocenters. The van der Waals surface area contributed by atoms with Crippen LogP contribution >= 0.6 is 0 Å². The third kappa shape index (κ3) is 4.94. The number of carbonyl (C=O) groups excluding carboxylic acids is 1. The normalized spacial score (nSPS) is 16.9. The second kappa shape index (κ2) is 9.31. The summed E-state index contributed by atoms with van der Waals surface area (Å²) in [5.74, 6) is -0.0425. The van der Waals surface area contributed by atoms with Gasteiger partial charge < -0.3 is 20.5 Å². The number of hydrogen-bond acceptors (Lipinski definition) is 6. The van der Waals surface area contributed by atoms with Crippen molar-refractivity contribution in [1.29, 1.82) is 0 Å². The van der Waals surface area contributed by atoms with Gasteiger partial charge in [-0.3, -0.25) is 4.79 Å². The molecule has 0 spiro atoms. The summed E-state index contributed by atoms with van der Waals surface area (Å²) in [5, 5.41) is 2.69. The van der Waals surface area contributed by atoms with Crippen LogP contribution in [0.3, 0.4) is 0 Å². The molecule has 1 fully saturated rings. The van der Waals surface area contributed by atoms with Gasteiger partial charge in [0.15, 0.2) is 0 Å². The van der Waals surface area contributed by atoms with Gasteiger partial charge in [-0.15, -0.1) is 0 Å². The van der Waals surface area contributed by atoms with E-state index in [-0.39, 0.29) is 35.6 Å². The van der Waals surface area contributed by atoms with Crippen molar-refractivity contribution in [2.75, 3.05) is 39.2 Å². The Morgan fingerprint density at radius 2 is 1.96 bits per heavy atom. The van der Waals surface area contributed by atoms with Crippen LogP contribution in [0.5, 0.6) is 5.75 Å². The molecular weight excluding hydrogens is 358 g/mol. The number of rotatable bonds is 8. The van der Waals surface area contributed by atoms with Crippen LogP contribution in [0.1, 0.15) is 25.7 Å². The van der Waals surface area contributed by atoms with E-state index >= 15 is 0 Å². The molecule has 0 aromatic heterocycles. The van der Waals surface area contributed by atoms with Crippen LogP contribution in [0, 0.1) is 0 Å². The molecule has 8 nitrogen and oxygen atoms in total. The SMILES string of the molecule is COc1ccc(NC(=O)CC(CN)OC)cc1S(=O)(=O)N1CCCCC1. The van der Waals surface area contributed by atoms with Gasteiger partial charge in [0, 0.05) is 32.4 Å². The van der Waals surface area contributed by atoms with E-state index in [0.717, 1.165) is 19.3 Å². The zero-order chi connectivity index (χ0) is 19.2. The number of anilines is 1. The minimum Gasteiger partial charge on any atom is -0.495 e. The first-order valence-electron chi connectivity index (χ1n) is 8.63. The maximum Gasteiger partial charge on any atom is 0.246 e. The highest BCUT2D eigenvalue weighted by molar-refractivity contribution is 7.89. The van der Waals surface area contributed by atoms with Crippen LogP contribution in [0.25, 0.3) is 0 Å². The Bertz CT molecular complexity index is 713. The van der Waals surface area contributed by atoms with E-state index in [0.29, 0.717) is 18.8 Å². The Morgan fingerprint density at radius 3 is 2.54 bits per heavy atom. The minimum absolute atomic E-state index is 0.0572. The fourth-order valence-corrected chi connectivity index (χ4v) is 4.58. The molecule has 2 rings (SSSR count). The Balaban J connectivity index is 2.23. The molecule has 146 valence electrons. The average molecular weight is 385 g/mol. The number of benzene rings is 1. The van der Waals surface area contributed by atoms with Gasteiger partial charge in [0.1, 0.15) is 10.6 Å². The van der Waals surface area contributed by atoms with Crippen molar-refractivity contribution in [3.63, 3.8) is 0 Å². The van der Waals surface area contributed by atoms with Gasteiger partial charge in [-0.1, -0.05) is 6.42 Å². The molecule has 1 saturated heterocycles. The second-order valence-corrected chi connectivity index (χ2v) is 8.08. The number of nitrogens with zero attached hydrogens (tertiary/aromatic N) is 1. The van der Waals surface area contributed by atoms with Gasteiger partial charge in [0.2, 0.25) is 15.9 Å². The summed E-state index contributed by atoms with van der Waals surface area (Å²) >= 11 is 0. The lowest BCUT2D eigenvalue weighted by atomic mass is 10.2. The number of carbonyl (C=O) groups is 1. The first-order valence-corrected chi connectivity index (χ1v) is 10.1. The van der Waals surface area contributed by atoms with Crippen molar-refractivity contribution in [3.05, 3.63) is 18.2 Å². The molecular formula is C17H27N3O5S. The number of hydrogen-bond donors (Lipinski definition) is 2. The van der Waals surface area contributed by atoms with Crippen LogP contribution in [-0.4, -0.2) is 58.6 Å². The van der Waals surface area contributed by atoms with Gasteiger partial charge in [-0.2, -0.15) is 4.31 Å². The minimum atomic E-state index is -3.68. The molecule has 1 atom stereocenters. The van der Waals surface area contributed by atoms with Crippen molar-refractivity contribution in [1.82, 2.24) is 4.31 Å². The zero-order valence-electron chi connectivity index (χ0n) is 15.2. The van der Waals surface area contributed by atoms with Crippen LogP contribution < -0.4 is 15.8 Å². The summed E-state index contributed by atoms with van der Waals surface area (Å²) in [7, 11) is -0.772. The third-order valence-electron chi connectivity index (χ3n) is 4.39. The van der Waals surface area contributed by atoms with Gasteiger partial charge in [0.05, 0.1) is 19.6 Å². The van der Waals surface area contributed by atoms with Crippen molar-refractivity contribution < 1.29 is 22.7 Å². The fraction of sp³-hybridized carbons (Fsp3) is 0.588. The second-order valence-electron chi connectivity index (χ2n) is 6.18. The van der Waals surface area contributed by atoms with E-state index in [9.17, 15) is 13.2 Å². The summed E-state index contributed by atoms with van der Waals surface area (Å²) < 4.78 is 37.7. The Hall–Kier alpha value is -1.68. The monoisotopic (exact) mass is 385 g/mol. The standard InChI is InChI=1S/C17H27N3O5S/c1-24-14(12-18)11-17(21)19-13-6-7-15(25-2)16(10-13)26(22,23)20-8-4-3-5-9-20/h6-7,10,14H,3-5,8-9,11-12,18H2,1-2H3,(H,19,21). The fourth-order valence-electron chi connectivity index (χ4n) is 2.88. The van der Waals surface area contributed by atoms with Crippen LogP contribution in [0.2, 0.25) is 0 Å². The number of nitrogens with one attached hydrogen (secondary N) is 1. The lowest BCUT2D eigenvalue weighted by Crippen LogP contribution is -2.35. The first-order chi connectivity index (χ1) is 12.4.